The first-order valence-electron chi connectivity index (χ1n) is 6.47. The van der Waals surface area contributed by atoms with Gasteiger partial charge >= 0.3 is 6.03 Å². The van der Waals surface area contributed by atoms with Crippen LogP contribution in [-0.2, 0) is 4.79 Å². The number of amides is 3. The quantitative estimate of drug-likeness (QED) is 0.675. The molecule has 17 heavy (non-hydrogen) atoms. The largest absolute Gasteiger partial charge is 0.354 e. The zero-order valence-corrected chi connectivity index (χ0v) is 10.4. The first kappa shape index (κ1) is 12.2. The summed E-state index contributed by atoms with van der Waals surface area (Å²) in [5.74, 6) is 0.777. The van der Waals surface area contributed by atoms with Crippen molar-refractivity contribution in [2.45, 2.75) is 26.2 Å². The molecule has 2 rings (SSSR count). The summed E-state index contributed by atoms with van der Waals surface area (Å²) in [5.41, 5.74) is 0. The molecule has 0 unspecified atom stereocenters. The first-order chi connectivity index (χ1) is 8.16. The number of piperidine rings is 1. The van der Waals surface area contributed by atoms with E-state index in [1.807, 2.05) is 4.90 Å². The van der Waals surface area contributed by atoms with Crippen LogP contribution in [0.3, 0.4) is 0 Å². The predicted octanol–water partition coefficient (Wildman–Crippen LogP) is 0.660. The van der Waals surface area contributed by atoms with Gasteiger partial charge in [-0.25, -0.2) is 4.79 Å². The average Bonchev–Trinajstić information content (AvgIpc) is 2.54. The van der Waals surface area contributed by atoms with Gasteiger partial charge in [0.05, 0.1) is 0 Å². The second-order valence-electron chi connectivity index (χ2n) is 5.04. The third kappa shape index (κ3) is 3.11. The minimum atomic E-state index is 0.0487. The molecule has 0 spiro atoms. The van der Waals surface area contributed by atoms with Crippen molar-refractivity contribution in [1.29, 1.82) is 0 Å². The lowest BCUT2D eigenvalue weighted by atomic mass is 9.99. The monoisotopic (exact) mass is 239 g/mol. The van der Waals surface area contributed by atoms with Crippen LogP contribution >= 0.6 is 0 Å². The normalized spacial score (nSPS) is 23.2. The van der Waals surface area contributed by atoms with E-state index >= 15 is 0 Å². The molecule has 1 N–H and O–H groups in total. The van der Waals surface area contributed by atoms with E-state index in [-0.39, 0.29) is 11.9 Å². The Morgan fingerprint density at radius 2 is 1.82 bits per heavy atom. The van der Waals surface area contributed by atoms with E-state index in [2.05, 4.69) is 12.2 Å². The molecule has 2 saturated heterocycles. The van der Waals surface area contributed by atoms with Crippen molar-refractivity contribution in [3.8, 4) is 0 Å². The van der Waals surface area contributed by atoms with Gasteiger partial charge in [0.25, 0.3) is 0 Å². The first-order valence-corrected chi connectivity index (χ1v) is 6.47. The van der Waals surface area contributed by atoms with E-state index in [1.165, 1.54) is 0 Å². The molecule has 2 aliphatic rings. The summed E-state index contributed by atoms with van der Waals surface area (Å²) >= 11 is 0. The van der Waals surface area contributed by atoms with Gasteiger partial charge in [0.2, 0.25) is 5.91 Å². The van der Waals surface area contributed by atoms with Crippen LogP contribution in [0.1, 0.15) is 26.2 Å². The van der Waals surface area contributed by atoms with Crippen molar-refractivity contribution in [2.24, 2.45) is 5.92 Å². The summed E-state index contributed by atoms with van der Waals surface area (Å²) in [7, 11) is 0. The number of nitrogens with zero attached hydrogens (tertiary/aromatic N) is 2. The highest BCUT2D eigenvalue weighted by Crippen LogP contribution is 2.17. The van der Waals surface area contributed by atoms with E-state index in [9.17, 15) is 9.59 Å². The van der Waals surface area contributed by atoms with Crippen molar-refractivity contribution in [1.82, 2.24) is 15.1 Å². The zero-order chi connectivity index (χ0) is 12.3. The van der Waals surface area contributed by atoms with Crippen LogP contribution in [0.25, 0.3) is 0 Å². The Bertz CT molecular complexity index is 298. The number of urea groups is 1. The molecule has 3 amide bonds. The smallest absolute Gasteiger partial charge is 0.320 e. The second-order valence-corrected chi connectivity index (χ2v) is 5.04. The van der Waals surface area contributed by atoms with Gasteiger partial charge in [0.1, 0.15) is 0 Å². The molecule has 5 nitrogen and oxygen atoms in total. The lowest BCUT2D eigenvalue weighted by Crippen LogP contribution is -2.47. The molecule has 0 aromatic rings. The van der Waals surface area contributed by atoms with Crippen LogP contribution in [0, 0.1) is 5.92 Å². The molecule has 5 heteroatoms. The molecular formula is C12H21N3O2. The van der Waals surface area contributed by atoms with Crippen molar-refractivity contribution < 1.29 is 9.59 Å². The third-order valence-electron chi connectivity index (χ3n) is 3.64. The minimum Gasteiger partial charge on any atom is -0.354 e. The molecule has 0 atom stereocenters. The topological polar surface area (TPSA) is 52.7 Å². The molecule has 0 radical (unpaired) electrons. The summed E-state index contributed by atoms with van der Waals surface area (Å²) < 4.78 is 0. The Morgan fingerprint density at radius 1 is 1.18 bits per heavy atom. The number of carbonyl (C=O) groups is 2. The Hall–Kier alpha value is -1.26. The van der Waals surface area contributed by atoms with Crippen molar-refractivity contribution in [3.63, 3.8) is 0 Å². The van der Waals surface area contributed by atoms with E-state index < -0.39 is 0 Å². The van der Waals surface area contributed by atoms with Gasteiger partial charge in [-0.05, 0) is 18.8 Å². The molecule has 0 bridgehead atoms. The Morgan fingerprint density at radius 3 is 2.53 bits per heavy atom. The molecule has 2 aliphatic heterocycles. The van der Waals surface area contributed by atoms with Crippen LogP contribution < -0.4 is 5.32 Å². The fourth-order valence-corrected chi connectivity index (χ4v) is 2.36. The lowest BCUT2D eigenvalue weighted by molar-refractivity contribution is -0.120. The van der Waals surface area contributed by atoms with Crippen molar-refractivity contribution >= 4 is 11.9 Å². The van der Waals surface area contributed by atoms with Crippen molar-refractivity contribution in [2.75, 3.05) is 32.7 Å². The summed E-state index contributed by atoms with van der Waals surface area (Å²) in [4.78, 5) is 27.2. The highest BCUT2D eigenvalue weighted by molar-refractivity contribution is 5.79. The Labute approximate surface area is 102 Å². The molecule has 0 saturated carbocycles. The maximum Gasteiger partial charge on any atom is 0.320 e. The molecule has 0 aliphatic carbocycles. The van der Waals surface area contributed by atoms with Gasteiger partial charge < -0.3 is 15.1 Å². The molecular weight excluding hydrogens is 218 g/mol. The highest BCUT2D eigenvalue weighted by atomic mass is 16.2. The SMILES string of the molecule is CC1CCN(C(=O)N2CCNC(=O)CC2)CC1. The number of carbonyl (C=O) groups excluding carboxylic acids is 2. The molecule has 0 aromatic carbocycles. The summed E-state index contributed by atoms with van der Waals surface area (Å²) in [6, 6.07) is 0.105. The summed E-state index contributed by atoms with van der Waals surface area (Å²) in [5, 5.41) is 2.79. The van der Waals surface area contributed by atoms with Gasteiger partial charge in [-0.3, -0.25) is 4.79 Å². The van der Waals surface area contributed by atoms with Crippen LogP contribution in [0.2, 0.25) is 0 Å². The number of rotatable bonds is 0. The number of hydrogen-bond donors (Lipinski definition) is 1. The maximum absolute atomic E-state index is 12.2. The van der Waals surface area contributed by atoms with E-state index in [0.29, 0.717) is 26.1 Å². The van der Waals surface area contributed by atoms with Gasteiger partial charge in [0.15, 0.2) is 0 Å². The van der Waals surface area contributed by atoms with Crippen LogP contribution in [-0.4, -0.2) is 54.5 Å². The standard InChI is InChI=1S/C12H21N3O2/c1-10-2-6-14(7-3-10)12(17)15-8-4-11(16)13-5-9-15/h10H,2-9H2,1H3,(H,13,16). The average molecular weight is 239 g/mol. The van der Waals surface area contributed by atoms with E-state index in [1.54, 1.807) is 4.90 Å². The second kappa shape index (κ2) is 5.38. The summed E-state index contributed by atoms with van der Waals surface area (Å²) in [6.45, 7) is 5.72. The zero-order valence-electron chi connectivity index (χ0n) is 10.4. The highest BCUT2D eigenvalue weighted by Gasteiger charge is 2.26. The maximum atomic E-state index is 12.2. The minimum absolute atomic E-state index is 0.0487. The number of hydrogen-bond acceptors (Lipinski definition) is 2. The van der Waals surface area contributed by atoms with Crippen LogP contribution in [0.4, 0.5) is 4.79 Å². The fraction of sp³-hybridized carbons (Fsp3) is 0.833. The molecule has 2 heterocycles. The van der Waals surface area contributed by atoms with Crippen LogP contribution in [0.5, 0.6) is 0 Å². The van der Waals surface area contributed by atoms with Crippen LogP contribution in [0.15, 0.2) is 0 Å². The van der Waals surface area contributed by atoms with Gasteiger partial charge in [0, 0.05) is 39.1 Å². The van der Waals surface area contributed by atoms with Gasteiger partial charge in [-0.1, -0.05) is 6.92 Å². The summed E-state index contributed by atoms with van der Waals surface area (Å²) in [6.07, 6.45) is 2.61. The molecule has 0 aromatic heterocycles. The molecule has 96 valence electrons. The van der Waals surface area contributed by atoms with Gasteiger partial charge in [-0.15, -0.1) is 0 Å². The number of nitrogens with one attached hydrogen (secondary N) is 1. The fourth-order valence-electron chi connectivity index (χ4n) is 2.36. The Balaban J connectivity index is 1.88. The third-order valence-corrected chi connectivity index (χ3v) is 3.64. The number of likely N-dealkylation sites (tertiary alicyclic amines) is 1. The Kier molecular flexibility index (Phi) is 3.86. The lowest BCUT2D eigenvalue weighted by Gasteiger charge is -2.34. The molecule has 2 fully saturated rings. The van der Waals surface area contributed by atoms with Gasteiger partial charge in [-0.2, -0.15) is 0 Å². The van der Waals surface area contributed by atoms with E-state index in [0.717, 1.165) is 31.8 Å². The van der Waals surface area contributed by atoms with E-state index in [4.69, 9.17) is 0 Å². The predicted molar refractivity (Wildman–Crippen MR) is 64.6 cm³/mol. The van der Waals surface area contributed by atoms with Crippen molar-refractivity contribution in [3.05, 3.63) is 0 Å².